The molecule has 0 saturated carbocycles. The van der Waals surface area contributed by atoms with Gasteiger partial charge in [0.15, 0.2) is 6.10 Å². The molecule has 0 rings (SSSR count). The van der Waals surface area contributed by atoms with Crippen molar-refractivity contribution in [3.05, 3.63) is 48.6 Å². The topological polar surface area (TPSA) is 78.9 Å². The highest BCUT2D eigenvalue weighted by Crippen LogP contribution is 2.19. The summed E-state index contributed by atoms with van der Waals surface area (Å²) >= 11 is 0. The van der Waals surface area contributed by atoms with Gasteiger partial charge in [-0.15, -0.1) is 0 Å². The van der Waals surface area contributed by atoms with Crippen LogP contribution in [0.3, 0.4) is 0 Å². The molecule has 0 bridgehead atoms. The molecule has 0 fully saturated rings. The summed E-state index contributed by atoms with van der Waals surface area (Å²) in [6, 6.07) is 0. The summed E-state index contributed by atoms with van der Waals surface area (Å²) in [5.41, 5.74) is 0. The minimum atomic E-state index is -0.793. The fourth-order valence-corrected chi connectivity index (χ4v) is 11.0. The average molecular weight is 1140 g/mol. The molecule has 1 atom stereocenters. The first-order valence-corrected chi connectivity index (χ1v) is 36.1. The molecular weight excluding hydrogens is 997 g/mol. The van der Waals surface area contributed by atoms with Crippen LogP contribution in [-0.2, 0) is 28.6 Å². The maximum absolute atomic E-state index is 12.9. The van der Waals surface area contributed by atoms with Crippen molar-refractivity contribution in [2.75, 3.05) is 13.2 Å². The van der Waals surface area contributed by atoms with Gasteiger partial charge >= 0.3 is 17.9 Å². The van der Waals surface area contributed by atoms with E-state index in [1.54, 1.807) is 0 Å². The smallest absolute Gasteiger partial charge is 0.306 e. The molecule has 0 radical (unpaired) electrons. The van der Waals surface area contributed by atoms with Gasteiger partial charge in [0, 0.05) is 19.3 Å². The van der Waals surface area contributed by atoms with E-state index in [1.807, 2.05) is 0 Å². The van der Waals surface area contributed by atoms with Crippen molar-refractivity contribution < 1.29 is 28.6 Å². The minimum absolute atomic E-state index is 0.0850. The number of carbonyl (C=O) groups excluding carboxylic acids is 3. The standard InChI is InChI=1S/C75H138O6/c1-4-7-10-13-16-19-22-25-28-29-30-31-32-33-34-35-36-37-38-39-40-41-42-43-44-45-46-48-50-53-56-59-62-65-68-74(77)80-71-72(70-79-73(76)67-64-61-58-55-52-49-27-24-21-18-15-12-9-6-3)81-75(78)69-66-63-60-57-54-51-47-26-23-20-17-14-11-8-5-2/h8,11,17,20,26,47,54,57,72H,4-7,9-10,12-16,18-19,21-25,27-46,48-53,55-56,58-71H2,1-3H3/b11-8-,20-17-,47-26-,57-54-. The Morgan fingerprint density at radius 2 is 0.481 bits per heavy atom. The van der Waals surface area contributed by atoms with Crippen LogP contribution in [0.1, 0.15) is 393 Å². The third kappa shape index (κ3) is 68.0. The molecule has 0 heterocycles. The Hall–Kier alpha value is -2.63. The second-order valence-corrected chi connectivity index (χ2v) is 24.5. The van der Waals surface area contributed by atoms with E-state index in [0.717, 1.165) is 77.0 Å². The van der Waals surface area contributed by atoms with Crippen molar-refractivity contribution in [2.45, 2.75) is 399 Å². The summed E-state index contributed by atoms with van der Waals surface area (Å²) in [6.07, 6.45) is 88.9. The van der Waals surface area contributed by atoms with E-state index in [4.69, 9.17) is 14.2 Å². The molecule has 0 aliphatic heterocycles. The van der Waals surface area contributed by atoms with Gasteiger partial charge in [-0.2, -0.15) is 0 Å². The van der Waals surface area contributed by atoms with Gasteiger partial charge in [0.25, 0.3) is 0 Å². The number of ether oxygens (including phenoxy) is 3. The predicted octanol–water partition coefficient (Wildman–Crippen LogP) is 24.9. The van der Waals surface area contributed by atoms with E-state index >= 15 is 0 Å². The molecule has 0 N–H and O–H groups in total. The number of esters is 3. The van der Waals surface area contributed by atoms with Gasteiger partial charge in [0.1, 0.15) is 13.2 Å². The number of rotatable bonds is 67. The Kier molecular flexibility index (Phi) is 67.6. The SMILES string of the molecule is CC/C=C\C/C=C\C/C=C\C/C=C\CCCCC(=O)OC(COC(=O)CCCCCCCCCCCCCCCC)COC(=O)CCCCCCCCCCCCCCCCCCCCCCCCCCCCCCCCCCCC. The van der Waals surface area contributed by atoms with Gasteiger partial charge in [-0.25, -0.2) is 0 Å². The van der Waals surface area contributed by atoms with Crippen LogP contribution in [0.15, 0.2) is 48.6 Å². The molecule has 0 aromatic rings. The van der Waals surface area contributed by atoms with Crippen molar-refractivity contribution in [3.8, 4) is 0 Å². The van der Waals surface area contributed by atoms with Crippen molar-refractivity contribution in [1.29, 1.82) is 0 Å². The van der Waals surface area contributed by atoms with Gasteiger partial charge in [-0.05, 0) is 57.8 Å². The molecule has 0 aromatic heterocycles. The first-order chi connectivity index (χ1) is 40.0. The minimum Gasteiger partial charge on any atom is -0.462 e. The first kappa shape index (κ1) is 78.4. The number of hydrogen-bond donors (Lipinski definition) is 0. The number of unbranched alkanes of at least 4 members (excludes halogenated alkanes) is 48. The highest BCUT2D eigenvalue weighted by Gasteiger charge is 2.19. The summed E-state index contributed by atoms with van der Waals surface area (Å²) in [7, 11) is 0. The number of allylic oxidation sites excluding steroid dienone is 8. The van der Waals surface area contributed by atoms with Gasteiger partial charge < -0.3 is 14.2 Å². The van der Waals surface area contributed by atoms with Gasteiger partial charge in [-0.1, -0.05) is 365 Å². The lowest BCUT2D eigenvalue weighted by molar-refractivity contribution is -0.167. The van der Waals surface area contributed by atoms with E-state index in [0.29, 0.717) is 19.3 Å². The Bertz CT molecular complexity index is 1400. The Balaban J connectivity index is 4.09. The largest absolute Gasteiger partial charge is 0.462 e. The molecule has 1 unspecified atom stereocenters. The quantitative estimate of drug-likeness (QED) is 0.0261. The van der Waals surface area contributed by atoms with Crippen molar-refractivity contribution in [3.63, 3.8) is 0 Å². The van der Waals surface area contributed by atoms with Gasteiger partial charge in [0.05, 0.1) is 0 Å². The maximum atomic E-state index is 12.9. The van der Waals surface area contributed by atoms with Crippen LogP contribution in [0.25, 0.3) is 0 Å². The molecule has 81 heavy (non-hydrogen) atoms. The molecule has 0 spiro atoms. The third-order valence-electron chi connectivity index (χ3n) is 16.3. The third-order valence-corrected chi connectivity index (χ3v) is 16.3. The summed E-state index contributed by atoms with van der Waals surface area (Å²) in [5, 5.41) is 0. The monoisotopic (exact) mass is 1140 g/mol. The predicted molar refractivity (Wildman–Crippen MR) is 353 cm³/mol. The van der Waals surface area contributed by atoms with E-state index in [9.17, 15) is 14.4 Å². The van der Waals surface area contributed by atoms with Crippen LogP contribution in [0.4, 0.5) is 0 Å². The normalized spacial score (nSPS) is 12.3. The second kappa shape index (κ2) is 69.9. The van der Waals surface area contributed by atoms with E-state index < -0.39 is 6.10 Å². The molecule has 0 amide bonds. The first-order valence-electron chi connectivity index (χ1n) is 36.1. The maximum Gasteiger partial charge on any atom is 0.306 e. The van der Waals surface area contributed by atoms with Crippen molar-refractivity contribution >= 4 is 17.9 Å². The number of carbonyl (C=O) groups is 3. The average Bonchev–Trinajstić information content (AvgIpc) is 3.47. The van der Waals surface area contributed by atoms with Crippen molar-refractivity contribution in [1.82, 2.24) is 0 Å². The van der Waals surface area contributed by atoms with Crippen LogP contribution >= 0.6 is 0 Å². The highest BCUT2D eigenvalue weighted by molar-refractivity contribution is 5.71. The summed E-state index contributed by atoms with van der Waals surface area (Å²) in [6.45, 7) is 6.56. The zero-order chi connectivity index (χ0) is 58.5. The van der Waals surface area contributed by atoms with E-state index in [1.165, 1.54) is 270 Å². The Morgan fingerprint density at radius 1 is 0.259 bits per heavy atom. The molecule has 6 nitrogen and oxygen atoms in total. The lowest BCUT2D eigenvalue weighted by Crippen LogP contribution is -2.30. The summed E-state index contributed by atoms with van der Waals surface area (Å²) in [5.74, 6) is -0.903. The lowest BCUT2D eigenvalue weighted by Gasteiger charge is -2.18. The molecular formula is C75H138O6. The molecule has 0 aliphatic carbocycles. The van der Waals surface area contributed by atoms with E-state index in [-0.39, 0.29) is 37.5 Å². The molecule has 0 aliphatic rings. The van der Waals surface area contributed by atoms with Crippen LogP contribution in [0, 0.1) is 0 Å². The van der Waals surface area contributed by atoms with Crippen LogP contribution in [0.2, 0.25) is 0 Å². The fourth-order valence-electron chi connectivity index (χ4n) is 11.0. The van der Waals surface area contributed by atoms with Crippen molar-refractivity contribution in [2.24, 2.45) is 0 Å². The molecule has 6 heteroatoms. The molecule has 0 saturated heterocycles. The fraction of sp³-hybridized carbons (Fsp3) is 0.853. The highest BCUT2D eigenvalue weighted by atomic mass is 16.6. The zero-order valence-electron chi connectivity index (χ0n) is 54.6. The zero-order valence-corrected chi connectivity index (χ0v) is 54.6. The van der Waals surface area contributed by atoms with Crippen LogP contribution in [-0.4, -0.2) is 37.2 Å². The van der Waals surface area contributed by atoms with Gasteiger partial charge in [0.2, 0.25) is 0 Å². The summed E-state index contributed by atoms with van der Waals surface area (Å²) < 4.78 is 16.9. The van der Waals surface area contributed by atoms with E-state index in [2.05, 4.69) is 69.4 Å². The Morgan fingerprint density at radius 3 is 0.753 bits per heavy atom. The van der Waals surface area contributed by atoms with Gasteiger partial charge in [-0.3, -0.25) is 14.4 Å². The Labute approximate surface area is 505 Å². The van der Waals surface area contributed by atoms with Crippen LogP contribution < -0.4 is 0 Å². The lowest BCUT2D eigenvalue weighted by atomic mass is 10.0. The number of hydrogen-bond acceptors (Lipinski definition) is 6. The summed E-state index contributed by atoms with van der Waals surface area (Å²) in [4.78, 5) is 38.3. The molecule has 0 aromatic carbocycles. The van der Waals surface area contributed by atoms with Crippen LogP contribution in [0.5, 0.6) is 0 Å². The molecule has 474 valence electrons. The second-order valence-electron chi connectivity index (χ2n) is 24.5.